The lowest BCUT2D eigenvalue weighted by atomic mass is 9.74. The Labute approximate surface area is 176 Å². The zero-order valence-corrected chi connectivity index (χ0v) is 17.5. The number of hydrogen-bond acceptors (Lipinski definition) is 4. The lowest BCUT2D eigenvalue weighted by molar-refractivity contribution is 0.0486. The molecule has 2 aliphatic heterocycles. The highest BCUT2D eigenvalue weighted by Crippen LogP contribution is 2.40. The van der Waals surface area contributed by atoms with Crippen LogP contribution < -0.4 is 14.8 Å². The van der Waals surface area contributed by atoms with E-state index in [1.807, 2.05) is 18.2 Å². The van der Waals surface area contributed by atoms with Crippen molar-refractivity contribution in [2.24, 2.45) is 0 Å². The van der Waals surface area contributed by atoms with E-state index in [0.717, 1.165) is 33.5 Å². The minimum Gasteiger partial charge on any atom is -0.454 e. The summed E-state index contributed by atoms with van der Waals surface area (Å²) in [4.78, 5) is 12.8. The van der Waals surface area contributed by atoms with E-state index < -0.39 is 0 Å². The third kappa shape index (κ3) is 3.88. The first-order valence-electron chi connectivity index (χ1n) is 8.79. The van der Waals surface area contributed by atoms with Crippen LogP contribution in [0.3, 0.4) is 0 Å². The van der Waals surface area contributed by atoms with Crippen molar-refractivity contribution in [1.82, 2.24) is 5.32 Å². The van der Waals surface area contributed by atoms with Crippen LogP contribution in [-0.2, 0) is 10.2 Å². The smallest absolute Gasteiger partial charge is 0.252 e. The first-order valence-corrected chi connectivity index (χ1v) is 10.2. The molecule has 0 saturated carbocycles. The number of amides is 1. The summed E-state index contributed by atoms with van der Waals surface area (Å²) in [7, 11) is 0. The molecule has 0 aromatic heterocycles. The van der Waals surface area contributed by atoms with Crippen LogP contribution in [0, 0.1) is 3.57 Å². The lowest BCUT2D eigenvalue weighted by Crippen LogP contribution is -2.44. The Morgan fingerprint density at radius 1 is 1.11 bits per heavy atom. The summed E-state index contributed by atoms with van der Waals surface area (Å²) in [6.07, 6.45) is 1.67. The highest BCUT2D eigenvalue weighted by Gasteiger charge is 2.36. The number of halogens is 2. The molecule has 2 heterocycles. The van der Waals surface area contributed by atoms with Gasteiger partial charge in [0, 0.05) is 33.8 Å². The number of carbonyl (C=O) groups is 1. The van der Waals surface area contributed by atoms with Crippen LogP contribution in [0.4, 0.5) is 0 Å². The molecular weight excluding hydrogens is 481 g/mol. The van der Waals surface area contributed by atoms with Gasteiger partial charge >= 0.3 is 0 Å². The van der Waals surface area contributed by atoms with Crippen molar-refractivity contribution < 1.29 is 19.0 Å². The molecule has 0 atom stereocenters. The van der Waals surface area contributed by atoms with Crippen LogP contribution in [0.5, 0.6) is 11.5 Å². The topological polar surface area (TPSA) is 56.8 Å². The Morgan fingerprint density at radius 2 is 1.89 bits per heavy atom. The van der Waals surface area contributed by atoms with Crippen LogP contribution in [0.2, 0.25) is 5.02 Å². The fraction of sp³-hybridized carbons (Fsp3) is 0.350. The van der Waals surface area contributed by atoms with E-state index in [2.05, 4.69) is 34.0 Å². The fourth-order valence-corrected chi connectivity index (χ4v) is 4.32. The summed E-state index contributed by atoms with van der Waals surface area (Å²) < 4.78 is 17.4. The summed E-state index contributed by atoms with van der Waals surface area (Å²) >= 11 is 8.21. The number of benzene rings is 2. The van der Waals surface area contributed by atoms with Gasteiger partial charge in [-0.25, -0.2) is 0 Å². The van der Waals surface area contributed by atoms with Gasteiger partial charge in [-0.1, -0.05) is 17.7 Å². The maximum atomic E-state index is 12.8. The van der Waals surface area contributed by atoms with E-state index in [4.69, 9.17) is 25.8 Å². The van der Waals surface area contributed by atoms with Gasteiger partial charge < -0.3 is 19.5 Å². The second kappa shape index (κ2) is 7.85. The van der Waals surface area contributed by atoms with Crippen molar-refractivity contribution in [3.8, 4) is 11.5 Å². The molecule has 2 aromatic rings. The minimum atomic E-state index is -0.196. The third-order valence-corrected chi connectivity index (χ3v) is 6.37. The highest BCUT2D eigenvalue weighted by atomic mass is 127. The molecule has 0 radical (unpaired) electrons. The molecule has 0 unspecified atom stereocenters. The van der Waals surface area contributed by atoms with Gasteiger partial charge in [-0.2, -0.15) is 0 Å². The van der Waals surface area contributed by atoms with Crippen molar-refractivity contribution in [3.05, 3.63) is 56.1 Å². The Balaban J connectivity index is 1.57. The van der Waals surface area contributed by atoms with Gasteiger partial charge in [-0.3, -0.25) is 4.79 Å². The predicted octanol–water partition coefficient (Wildman–Crippen LogP) is 4.15. The lowest BCUT2D eigenvalue weighted by Gasteiger charge is -2.38. The maximum Gasteiger partial charge on any atom is 0.252 e. The van der Waals surface area contributed by atoms with Gasteiger partial charge in [0.15, 0.2) is 11.5 Å². The Morgan fingerprint density at radius 3 is 2.70 bits per heavy atom. The van der Waals surface area contributed by atoms with E-state index in [1.54, 1.807) is 12.1 Å². The van der Waals surface area contributed by atoms with E-state index in [1.165, 1.54) is 0 Å². The first-order chi connectivity index (χ1) is 13.1. The molecule has 0 bridgehead atoms. The molecular formula is C20H19ClINO4. The molecule has 5 nitrogen and oxygen atoms in total. The molecule has 2 aromatic carbocycles. The second-order valence-electron chi connectivity index (χ2n) is 6.77. The number of rotatable bonds is 4. The molecule has 142 valence electrons. The Hall–Kier alpha value is -1.51. The number of hydrogen-bond donors (Lipinski definition) is 1. The van der Waals surface area contributed by atoms with Crippen LogP contribution >= 0.6 is 34.2 Å². The molecule has 1 saturated heterocycles. The standard InChI is InChI=1S/C20H19ClINO4/c21-14-2-3-16(22)15(10-14)19(24)23-11-20(5-7-25-8-6-20)13-1-4-17-18(9-13)27-12-26-17/h1-4,9-10H,5-8,11-12H2,(H,23,24). The molecule has 0 spiro atoms. The van der Waals surface area contributed by atoms with E-state index >= 15 is 0 Å². The van der Waals surface area contributed by atoms with Crippen LogP contribution in [0.1, 0.15) is 28.8 Å². The van der Waals surface area contributed by atoms with E-state index in [0.29, 0.717) is 30.3 Å². The molecule has 1 fully saturated rings. The van der Waals surface area contributed by atoms with Gasteiger partial charge in [0.25, 0.3) is 5.91 Å². The van der Waals surface area contributed by atoms with E-state index in [9.17, 15) is 4.79 Å². The number of nitrogens with one attached hydrogen (secondary N) is 1. The van der Waals surface area contributed by atoms with Crippen molar-refractivity contribution >= 4 is 40.1 Å². The monoisotopic (exact) mass is 499 g/mol. The average molecular weight is 500 g/mol. The Bertz CT molecular complexity index is 867. The normalized spacial score (nSPS) is 17.6. The van der Waals surface area contributed by atoms with Crippen LogP contribution in [-0.4, -0.2) is 32.5 Å². The summed E-state index contributed by atoms with van der Waals surface area (Å²) in [5, 5.41) is 3.67. The van der Waals surface area contributed by atoms with Gasteiger partial charge in [0.1, 0.15) is 0 Å². The molecule has 7 heteroatoms. The van der Waals surface area contributed by atoms with Gasteiger partial charge in [-0.05, 0) is 71.3 Å². The number of ether oxygens (including phenoxy) is 3. The molecule has 2 aliphatic rings. The van der Waals surface area contributed by atoms with Crippen molar-refractivity contribution in [1.29, 1.82) is 0 Å². The van der Waals surface area contributed by atoms with Crippen LogP contribution in [0.15, 0.2) is 36.4 Å². The summed E-state index contributed by atoms with van der Waals surface area (Å²) in [5.74, 6) is 1.40. The van der Waals surface area contributed by atoms with Gasteiger partial charge in [-0.15, -0.1) is 0 Å². The molecule has 1 amide bonds. The van der Waals surface area contributed by atoms with Gasteiger partial charge in [0.05, 0.1) is 5.56 Å². The molecule has 4 rings (SSSR count). The molecule has 27 heavy (non-hydrogen) atoms. The van der Waals surface area contributed by atoms with E-state index in [-0.39, 0.29) is 18.1 Å². The number of carbonyl (C=O) groups excluding carboxylic acids is 1. The highest BCUT2D eigenvalue weighted by molar-refractivity contribution is 14.1. The van der Waals surface area contributed by atoms with Crippen molar-refractivity contribution in [2.45, 2.75) is 18.3 Å². The summed E-state index contributed by atoms with van der Waals surface area (Å²) in [5.41, 5.74) is 1.53. The summed E-state index contributed by atoms with van der Waals surface area (Å²) in [6, 6.07) is 11.4. The summed E-state index contributed by atoms with van der Waals surface area (Å²) in [6.45, 7) is 2.11. The zero-order chi connectivity index (χ0) is 18.9. The third-order valence-electron chi connectivity index (χ3n) is 5.20. The quantitative estimate of drug-likeness (QED) is 0.642. The maximum absolute atomic E-state index is 12.8. The van der Waals surface area contributed by atoms with Crippen LogP contribution in [0.25, 0.3) is 0 Å². The first kappa shape index (κ1) is 18.8. The Kier molecular flexibility index (Phi) is 5.48. The van der Waals surface area contributed by atoms with Gasteiger partial charge in [0.2, 0.25) is 6.79 Å². The largest absolute Gasteiger partial charge is 0.454 e. The van der Waals surface area contributed by atoms with Crippen molar-refractivity contribution in [3.63, 3.8) is 0 Å². The number of fused-ring (bicyclic) bond motifs is 1. The molecule has 0 aliphatic carbocycles. The van der Waals surface area contributed by atoms with Crippen molar-refractivity contribution in [2.75, 3.05) is 26.6 Å². The fourth-order valence-electron chi connectivity index (χ4n) is 3.57. The zero-order valence-electron chi connectivity index (χ0n) is 14.6. The SMILES string of the molecule is O=C(NCC1(c2ccc3c(c2)OCO3)CCOCC1)c1cc(Cl)ccc1I. The minimum absolute atomic E-state index is 0.117. The predicted molar refractivity (Wildman–Crippen MR) is 111 cm³/mol. The average Bonchev–Trinajstić information content (AvgIpc) is 3.16. The molecule has 1 N–H and O–H groups in total. The second-order valence-corrected chi connectivity index (χ2v) is 8.37.